The van der Waals surface area contributed by atoms with Crippen LogP contribution in [0.2, 0.25) is 0 Å². The zero-order valence-electron chi connectivity index (χ0n) is 10.6. The fourth-order valence-electron chi connectivity index (χ4n) is 2.22. The van der Waals surface area contributed by atoms with Crippen LogP contribution in [0.25, 0.3) is 29.5 Å². The zero-order chi connectivity index (χ0) is 13.7. The number of hydrogen-bond donors (Lipinski definition) is 0. The van der Waals surface area contributed by atoms with Crippen molar-refractivity contribution < 1.29 is 0 Å². The van der Waals surface area contributed by atoms with Crippen LogP contribution >= 0.6 is 49.9 Å². The number of aromatic nitrogens is 1. The molecule has 1 aromatic carbocycles. The number of benzene rings is 1. The molecular formula is C15H10BrNS3. The summed E-state index contributed by atoms with van der Waals surface area (Å²) in [6.07, 6.45) is 1.09. The third-order valence-electron chi connectivity index (χ3n) is 3.22. The summed E-state index contributed by atoms with van der Waals surface area (Å²) in [6, 6.07) is 10.6. The molecule has 5 heteroatoms. The highest BCUT2D eigenvalue weighted by atomic mass is 79.9. The Kier molecular flexibility index (Phi) is 3.18. The van der Waals surface area contributed by atoms with E-state index in [0.717, 1.165) is 16.9 Å². The number of thiophene rings is 2. The Balaban J connectivity index is 1.89. The van der Waals surface area contributed by atoms with E-state index in [1.165, 1.54) is 28.3 Å². The number of thiazole rings is 1. The average molecular weight is 380 g/mol. The summed E-state index contributed by atoms with van der Waals surface area (Å²) in [4.78, 5) is 7.45. The van der Waals surface area contributed by atoms with E-state index >= 15 is 0 Å². The molecule has 0 aliphatic rings. The maximum Gasteiger partial charge on any atom is 0.134 e. The molecule has 4 aromatic rings. The van der Waals surface area contributed by atoms with Gasteiger partial charge in [-0.05, 0) is 40.5 Å². The van der Waals surface area contributed by atoms with Crippen molar-refractivity contribution >= 4 is 69.6 Å². The minimum atomic E-state index is 1.09. The summed E-state index contributed by atoms with van der Waals surface area (Å²) in [5.41, 5.74) is 1.09. The lowest BCUT2D eigenvalue weighted by atomic mass is 10.3. The zero-order valence-corrected chi connectivity index (χ0v) is 14.7. The third-order valence-corrected chi connectivity index (χ3v) is 8.17. The Morgan fingerprint density at radius 2 is 2.00 bits per heavy atom. The third kappa shape index (κ3) is 1.96. The van der Waals surface area contributed by atoms with Gasteiger partial charge >= 0.3 is 0 Å². The molecule has 3 heterocycles. The molecule has 0 saturated heterocycles. The van der Waals surface area contributed by atoms with E-state index in [9.17, 15) is 0 Å². The highest BCUT2D eigenvalue weighted by Gasteiger charge is 2.15. The van der Waals surface area contributed by atoms with Gasteiger partial charge in [-0.15, -0.1) is 34.0 Å². The topological polar surface area (TPSA) is 12.9 Å². The maximum absolute atomic E-state index is 4.75. The normalized spacial score (nSPS) is 11.7. The molecule has 0 unspecified atom stereocenters. The summed E-state index contributed by atoms with van der Waals surface area (Å²) in [5, 5.41) is 2.47. The molecule has 0 amide bonds. The van der Waals surface area contributed by atoms with Gasteiger partial charge < -0.3 is 0 Å². The van der Waals surface area contributed by atoms with Crippen LogP contribution in [-0.4, -0.2) is 4.98 Å². The van der Waals surface area contributed by atoms with Crippen LogP contribution in [0.1, 0.15) is 11.8 Å². The molecule has 0 spiro atoms. The Hall–Kier alpha value is -0.750. The Morgan fingerprint density at radius 1 is 1.15 bits per heavy atom. The van der Waals surface area contributed by atoms with E-state index in [2.05, 4.69) is 47.1 Å². The van der Waals surface area contributed by atoms with Crippen molar-refractivity contribution in [3.05, 3.63) is 39.7 Å². The van der Waals surface area contributed by atoms with Gasteiger partial charge in [-0.1, -0.05) is 19.1 Å². The smallest absolute Gasteiger partial charge is 0.134 e. The number of halogens is 1. The summed E-state index contributed by atoms with van der Waals surface area (Å²) in [5.74, 6) is 0. The average Bonchev–Trinajstić information content (AvgIpc) is 3.12. The molecule has 0 fully saturated rings. The first-order chi connectivity index (χ1) is 9.76. The first-order valence-electron chi connectivity index (χ1n) is 6.33. The van der Waals surface area contributed by atoms with Crippen LogP contribution < -0.4 is 0 Å². The van der Waals surface area contributed by atoms with E-state index in [1.807, 2.05) is 28.7 Å². The molecule has 0 aliphatic heterocycles. The molecule has 100 valence electrons. The van der Waals surface area contributed by atoms with Crippen LogP contribution in [0.15, 0.2) is 34.8 Å². The minimum absolute atomic E-state index is 1.09. The van der Waals surface area contributed by atoms with Crippen LogP contribution in [-0.2, 0) is 6.42 Å². The molecule has 0 bridgehead atoms. The molecule has 0 radical (unpaired) electrons. The van der Waals surface area contributed by atoms with Crippen LogP contribution in [0.5, 0.6) is 0 Å². The molecule has 0 saturated carbocycles. The molecule has 20 heavy (non-hydrogen) atoms. The lowest BCUT2D eigenvalue weighted by molar-refractivity contribution is 1.18. The van der Waals surface area contributed by atoms with Crippen LogP contribution in [0, 0.1) is 0 Å². The van der Waals surface area contributed by atoms with Gasteiger partial charge in [0.1, 0.15) is 5.01 Å². The van der Waals surface area contributed by atoms with Crippen molar-refractivity contribution in [1.29, 1.82) is 0 Å². The molecular weight excluding hydrogens is 370 g/mol. The molecule has 0 aliphatic carbocycles. The van der Waals surface area contributed by atoms with Gasteiger partial charge in [-0.25, -0.2) is 4.98 Å². The van der Waals surface area contributed by atoms with Crippen molar-refractivity contribution in [3.8, 4) is 9.88 Å². The van der Waals surface area contributed by atoms with Crippen LogP contribution in [0.4, 0.5) is 0 Å². The fourth-order valence-corrected chi connectivity index (χ4v) is 6.80. The van der Waals surface area contributed by atoms with Gasteiger partial charge in [0.05, 0.1) is 19.1 Å². The van der Waals surface area contributed by atoms with Crippen molar-refractivity contribution in [2.24, 2.45) is 0 Å². The van der Waals surface area contributed by atoms with Gasteiger partial charge in [-0.3, -0.25) is 0 Å². The first-order valence-corrected chi connectivity index (χ1v) is 9.57. The summed E-state index contributed by atoms with van der Waals surface area (Å²) in [7, 11) is 0. The lowest BCUT2D eigenvalue weighted by Crippen LogP contribution is -1.71. The molecule has 4 rings (SSSR count). The van der Waals surface area contributed by atoms with E-state index in [4.69, 9.17) is 4.98 Å². The Labute approximate surface area is 137 Å². The van der Waals surface area contributed by atoms with Gasteiger partial charge in [0.2, 0.25) is 0 Å². The maximum atomic E-state index is 4.75. The van der Waals surface area contributed by atoms with E-state index < -0.39 is 0 Å². The highest BCUT2D eigenvalue weighted by molar-refractivity contribution is 9.10. The van der Waals surface area contributed by atoms with Gasteiger partial charge in [0.25, 0.3) is 0 Å². The highest BCUT2D eigenvalue weighted by Crippen LogP contribution is 2.45. The van der Waals surface area contributed by atoms with Crippen LogP contribution in [0.3, 0.4) is 0 Å². The summed E-state index contributed by atoms with van der Waals surface area (Å²) >= 11 is 9.25. The number of nitrogens with zero attached hydrogens (tertiary/aromatic N) is 1. The second-order valence-electron chi connectivity index (χ2n) is 4.49. The monoisotopic (exact) mass is 379 g/mol. The second-order valence-corrected chi connectivity index (χ2v) is 8.73. The van der Waals surface area contributed by atoms with Crippen molar-refractivity contribution in [2.45, 2.75) is 13.3 Å². The van der Waals surface area contributed by atoms with Crippen molar-refractivity contribution in [3.63, 3.8) is 0 Å². The first kappa shape index (κ1) is 13.0. The number of fused-ring (bicyclic) bond motifs is 2. The van der Waals surface area contributed by atoms with E-state index in [1.54, 1.807) is 11.3 Å². The quantitative estimate of drug-likeness (QED) is 0.384. The molecule has 0 N–H and O–H groups in total. The van der Waals surface area contributed by atoms with Gasteiger partial charge in [-0.2, -0.15) is 0 Å². The summed E-state index contributed by atoms with van der Waals surface area (Å²) in [6.45, 7) is 2.20. The number of aryl methyl sites for hydroxylation is 1. The fraction of sp³-hybridized carbons (Fsp3) is 0.133. The van der Waals surface area contributed by atoms with Crippen molar-refractivity contribution in [2.75, 3.05) is 0 Å². The minimum Gasteiger partial charge on any atom is -0.235 e. The molecule has 3 aromatic heterocycles. The predicted molar refractivity (Wildman–Crippen MR) is 95.4 cm³/mol. The van der Waals surface area contributed by atoms with Crippen molar-refractivity contribution in [1.82, 2.24) is 4.98 Å². The second kappa shape index (κ2) is 4.91. The molecule has 0 atom stereocenters. The Morgan fingerprint density at radius 3 is 2.75 bits per heavy atom. The van der Waals surface area contributed by atoms with E-state index in [0.29, 0.717) is 0 Å². The number of hydrogen-bond acceptors (Lipinski definition) is 4. The van der Waals surface area contributed by atoms with E-state index in [-0.39, 0.29) is 0 Å². The van der Waals surface area contributed by atoms with Gasteiger partial charge in [0.15, 0.2) is 0 Å². The Bertz CT molecular complexity index is 883. The molecule has 1 nitrogen and oxygen atoms in total. The standard InChI is InChI=1S/C15H10BrNS3/c1-2-10-13(16)8-7-12(20-15(8)19-10)14-17-9-5-3-4-6-11(9)18-14/h3-7H,2H2,1H3. The predicted octanol–water partition coefficient (Wildman–Crippen LogP) is 6.56. The van der Waals surface area contributed by atoms with Gasteiger partial charge in [0, 0.05) is 14.7 Å². The number of para-hydroxylation sites is 1. The lowest BCUT2D eigenvalue weighted by Gasteiger charge is -1.90. The largest absolute Gasteiger partial charge is 0.235 e. The SMILES string of the molecule is CCc1sc2sc(-c3nc4ccccc4s3)cc2c1Br. The number of rotatable bonds is 2. The summed E-state index contributed by atoms with van der Waals surface area (Å²) < 4.78 is 3.92.